The second kappa shape index (κ2) is 4.88. The fourth-order valence-electron chi connectivity index (χ4n) is 1.84. The number of thiophene rings is 1. The van der Waals surface area contributed by atoms with Crippen LogP contribution >= 0.6 is 22.7 Å². The van der Waals surface area contributed by atoms with Crippen LogP contribution in [0.3, 0.4) is 0 Å². The number of aromatic nitrogens is 1. The maximum Gasteiger partial charge on any atom is 0.100 e. The van der Waals surface area contributed by atoms with Crippen molar-refractivity contribution in [3.8, 4) is 10.6 Å². The van der Waals surface area contributed by atoms with Gasteiger partial charge in [-0.1, -0.05) is 13.8 Å². The molecule has 2 aromatic rings. The smallest absolute Gasteiger partial charge is 0.100 e. The summed E-state index contributed by atoms with van der Waals surface area (Å²) >= 11 is 3.53. The zero-order chi connectivity index (χ0) is 12.5. The number of aryl methyl sites for hydroxylation is 1. The summed E-state index contributed by atoms with van der Waals surface area (Å²) in [5, 5.41) is 8.73. The van der Waals surface area contributed by atoms with Crippen molar-refractivity contribution in [3.05, 3.63) is 27.4 Å². The van der Waals surface area contributed by atoms with Gasteiger partial charge in [0.1, 0.15) is 5.01 Å². The molecule has 17 heavy (non-hydrogen) atoms. The number of rotatable bonds is 4. The van der Waals surface area contributed by atoms with E-state index in [1.807, 2.05) is 7.05 Å². The van der Waals surface area contributed by atoms with Crippen molar-refractivity contribution in [1.29, 1.82) is 0 Å². The molecule has 0 saturated heterocycles. The van der Waals surface area contributed by atoms with Gasteiger partial charge in [0.15, 0.2) is 0 Å². The van der Waals surface area contributed by atoms with Gasteiger partial charge in [-0.05, 0) is 31.0 Å². The summed E-state index contributed by atoms with van der Waals surface area (Å²) in [5.74, 6) is 0. The molecule has 1 N–H and O–H groups in total. The first-order chi connectivity index (χ1) is 8.04. The first kappa shape index (κ1) is 12.7. The number of nitrogens with one attached hydrogen (secondary N) is 1. The minimum absolute atomic E-state index is 0.100. The lowest BCUT2D eigenvalue weighted by atomic mass is 9.94. The third-order valence-electron chi connectivity index (χ3n) is 2.80. The standard InChI is InChI=1S/C13H18N2S2/c1-9-5-6-16-11(9)10-7-17-12(15-10)13(2,3)8-14-4/h5-7,14H,8H2,1-4H3. The van der Waals surface area contributed by atoms with E-state index >= 15 is 0 Å². The molecule has 0 unspecified atom stereocenters. The third kappa shape index (κ3) is 2.59. The quantitative estimate of drug-likeness (QED) is 0.913. The number of hydrogen-bond acceptors (Lipinski definition) is 4. The average molecular weight is 266 g/mol. The summed E-state index contributed by atoms with van der Waals surface area (Å²) in [6.45, 7) is 7.55. The van der Waals surface area contributed by atoms with Crippen LogP contribution in [0, 0.1) is 6.92 Å². The van der Waals surface area contributed by atoms with Crippen molar-refractivity contribution >= 4 is 22.7 Å². The molecule has 2 rings (SSSR count). The lowest BCUT2D eigenvalue weighted by Gasteiger charge is -2.20. The average Bonchev–Trinajstić information content (AvgIpc) is 2.85. The maximum absolute atomic E-state index is 4.79. The van der Waals surface area contributed by atoms with Gasteiger partial charge in [0.05, 0.1) is 10.6 Å². The Hall–Kier alpha value is -0.710. The largest absolute Gasteiger partial charge is 0.319 e. The summed E-state index contributed by atoms with van der Waals surface area (Å²) in [5.41, 5.74) is 2.54. The molecule has 0 fully saturated rings. The van der Waals surface area contributed by atoms with Crippen molar-refractivity contribution in [2.24, 2.45) is 0 Å². The third-order valence-corrected chi connectivity index (χ3v) is 5.04. The van der Waals surface area contributed by atoms with Crippen LogP contribution in [-0.2, 0) is 5.41 Å². The van der Waals surface area contributed by atoms with Gasteiger partial charge in [-0.3, -0.25) is 0 Å². The van der Waals surface area contributed by atoms with Crippen LogP contribution in [0.1, 0.15) is 24.4 Å². The summed E-state index contributed by atoms with van der Waals surface area (Å²) in [6.07, 6.45) is 0. The van der Waals surface area contributed by atoms with Gasteiger partial charge in [-0.25, -0.2) is 4.98 Å². The molecule has 0 spiro atoms. The predicted molar refractivity (Wildman–Crippen MR) is 77.1 cm³/mol. The molecule has 0 atom stereocenters. The normalized spacial score (nSPS) is 12.0. The van der Waals surface area contributed by atoms with Gasteiger partial charge in [-0.2, -0.15) is 0 Å². The highest BCUT2D eigenvalue weighted by atomic mass is 32.1. The summed E-state index contributed by atoms with van der Waals surface area (Å²) < 4.78 is 0. The Balaban J connectivity index is 2.31. The Labute approximate surface area is 111 Å². The number of thiazole rings is 1. The molecule has 0 aliphatic rings. The van der Waals surface area contributed by atoms with Crippen LogP contribution in [-0.4, -0.2) is 18.6 Å². The molecule has 0 aliphatic carbocycles. The van der Waals surface area contributed by atoms with E-state index in [0.717, 1.165) is 12.2 Å². The van der Waals surface area contributed by atoms with Crippen molar-refractivity contribution in [1.82, 2.24) is 10.3 Å². The Morgan fingerprint density at radius 3 is 2.71 bits per heavy atom. The topological polar surface area (TPSA) is 24.9 Å². The van der Waals surface area contributed by atoms with Crippen molar-refractivity contribution in [2.45, 2.75) is 26.2 Å². The molecule has 92 valence electrons. The minimum Gasteiger partial charge on any atom is -0.319 e. The fraction of sp³-hybridized carbons (Fsp3) is 0.462. The van der Waals surface area contributed by atoms with E-state index in [2.05, 4.69) is 42.9 Å². The molecule has 2 aromatic heterocycles. The number of nitrogens with zero attached hydrogens (tertiary/aromatic N) is 1. The van der Waals surface area contributed by atoms with Gasteiger partial charge < -0.3 is 5.32 Å². The van der Waals surface area contributed by atoms with E-state index in [1.54, 1.807) is 22.7 Å². The fourth-order valence-corrected chi connectivity index (χ4v) is 3.74. The Morgan fingerprint density at radius 1 is 1.35 bits per heavy atom. The molecular formula is C13H18N2S2. The van der Waals surface area contributed by atoms with Gasteiger partial charge in [0.25, 0.3) is 0 Å². The summed E-state index contributed by atoms with van der Waals surface area (Å²) in [6, 6.07) is 2.15. The van der Waals surface area contributed by atoms with E-state index < -0.39 is 0 Å². The predicted octanol–water partition coefficient (Wildman–Crippen LogP) is 3.68. The molecule has 0 amide bonds. The second-order valence-corrected chi connectivity index (χ2v) is 6.66. The molecule has 0 aliphatic heterocycles. The summed E-state index contributed by atoms with van der Waals surface area (Å²) in [4.78, 5) is 6.09. The van der Waals surface area contributed by atoms with Crippen LogP contribution in [0.15, 0.2) is 16.8 Å². The monoisotopic (exact) mass is 266 g/mol. The highest BCUT2D eigenvalue weighted by Crippen LogP contribution is 2.33. The molecule has 0 saturated carbocycles. The number of hydrogen-bond donors (Lipinski definition) is 1. The maximum atomic E-state index is 4.79. The van der Waals surface area contributed by atoms with E-state index in [-0.39, 0.29) is 5.41 Å². The first-order valence-corrected chi connectivity index (χ1v) is 7.45. The van der Waals surface area contributed by atoms with E-state index in [0.29, 0.717) is 0 Å². The Kier molecular flexibility index (Phi) is 3.66. The zero-order valence-electron chi connectivity index (χ0n) is 10.7. The molecule has 4 heteroatoms. The summed E-state index contributed by atoms with van der Waals surface area (Å²) in [7, 11) is 1.99. The SMILES string of the molecule is CNCC(C)(C)c1nc(-c2sccc2C)cs1. The second-order valence-electron chi connectivity index (χ2n) is 4.88. The highest BCUT2D eigenvalue weighted by molar-refractivity contribution is 7.14. The van der Waals surface area contributed by atoms with Crippen molar-refractivity contribution < 1.29 is 0 Å². The van der Waals surface area contributed by atoms with E-state index in [9.17, 15) is 0 Å². The van der Waals surface area contributed by atoms with E-state index in [1.165, 1.54) is 15.4 Å². The van der Waals surface area contributed by atoms with Crippen LogP contribution in [0.4, 0.5) is 0 Å². The van der Waals surface area contributed by atoms with Crippen molar-refractivity contribution in [3.63, 3.8) is 0 Å². The van der Waals surface area contributed by atoms with Crippen LogP contribution in [0.5, 0.6) is 0 Å². The molecule has 0 bridgehead atoms. The molecule has 2 heterocycles. The Bertz CT molecular complexity index is 497. The highest BCUT2D eigenvalue weighted by Gasteiger charge is 2.24. The van der Waals surface area contributed by atoms with Gasteiger partial charge in [0, 0.05) is 17.3 Å². The molecule has 0 radical (unpaired) electrons. The first-order valence-electron chi connectivity index (χ1n) is 5.69. The lowest BCUT2D eigenvalue weighted by Crippen LogP contribution is -2.30. The van der Waals surface area contributed by atoms with Crippen LogP contribution in [0.2, 0.25) is 0 Å². The molecular weight excluding hydrogens is 248 g/mol. The van der Waals surface area contributed by atoms with Gasteiger partial charge >= 0.3 is 0 Å². The van der Waals surface area contributed by atoms with E-state index in [4.69, 9.17) is 4.98 Å². The molecule has 0 aromatic carbocycles. The van der Waals surface area contributed by atoms with Gasteiger partial charge in [-0.15, -0.1) is 22.7 Å². The van der Waals surface area contributed by atoms with Gasteiger partial charge in [0.2, 0.25) is 0 Å². The van der Waals surface area contributed by atoms with Crippen LogP contribution in [0.25, 0.3) is 10.6 Å². The Morgan fingerprint density at radius 2 is 2.12 bits per heavy atom. The molecule has 2 nitrogen and oxygen atoms in total. The number of likely N-dealkylation sites (N-methyl/N-ethyl adjacent to an activating group) is 1. The lowest BCUT2D eigenvalue weighted by molar-refractivity contribution is 0.492. The van der Waals surface area contributed by atoms with Crippen LogP contribution < -0.4 is 5.32 Å². The minimum atomic E-state index is 0.100. The zero-order valence-corrected chi connectivity index (χ0v) is 12.3. The van der Waals surface area contributed by atoms with Crippen molar-refractivity contribution in [2.75, 3.05) is 13.6 Å².